The van der Waals surface area contributed by atoms with Gasteiger partial charge in [-0.25, -0.2) is 5.43 Å². The number of carbonyl (C=O) groups excluding carboxylic acids is 1. The molecule has 0 radical (unpaired) electrons. The van der Waals surface area contributed by atoms with E-state index in [1.165, 1.54) is 0 Å². The summed E-state index contributed by atoms with van der Waals surface area (Å²) >= 11 is 0. The van der Waals surface area contributed by atoms with Crippen LogP contribution in [-0.4, -0.2) is 32.4 Å². The summed E-state index contributed by atoms with van der Waals surface area (Å²) in [5.74, 6) is 1.77. The molecule has 0 heterocycles. The van der Waals surface area contributed by atoms with Gasteiger partial charge < -0.3 is 14.2 Å². The zero-order valence-corrected chi connectivity index (χ0v) is 13.7. The van der Waals surface area contributed by atoms with E-state index < -0.39 is 0 Å². The van der Waals surface area contributed by atoms with Gasteiger partial charge in [-0.15, -0.1) is 0 Å². The number of nitrogens with zero attached hydrogens (tertiary/aromatic N) is 1. The fraction of sp³-hybridized carbons (Fsp3) is 0.222. The number of hydrogen-bond donors (Lipinski definition) is 1. The summed E-state index contributed by atoms with van der Waals surface area (Å²) in [7, 11) is 1.59. The van der Waals surface area contributed by atoms with Crippen LogP contribution in [0.25, 0.3) is 0 Å². The van der Waals surface area contributed by atoms with Crippen molar-refractivity contribution in [3.05, 3.63) is 54.1 Å². The van der Waals surface area contributed by atoms with E-state index in [2.05, 4.69) is 10.5 Å². The molecule has 24 heavy (non-hydrogen) atoms. The minimum absolute atomic E-state index is 0.118. The Balaban J connectivity index is 1.75. The summed E-state index contributed by atoms with van der Waals surface area (Å²) < 4.78 is 15.8. The molecule has 126 valence electrons. The van der Waals surface area contributed by atoms with Crippen LogP contribution in [0.2, 0.25) is 0 Å². The number of amides is 1. The molecule has 0 aliphatic rings. The number of methoxy groups -OCH3 is 1. The fourth-order valence-corrected chi connectivity index (χ4v) is 1.85. The predicted octanol–water partition coefficient (Wildman–Crippen LogP) is 2.62. The van der Waals surface area contributed by atoms with Crippen molar-refractivity contribution in [2.45, 2.75) is 6.92 Å². The molecule has 0 fully saturated rings. The minimum Gasteiger partial charge on any atom is -0.497 e. The van der Waals surface area contributed by atoms with Crippen LogP contribution in [0.5, 0.6) is 17.2 Å². The Hall–Kier alpha value is -3.02. The number of benzene rings is 2. The van der Waals surface area contributed by atoms with Gasteiger partial charge in [0.15, 0.2) is 6.61 Å². The van der Waals surface area contributed by atoms with Gasteiger partial charge in [0.2, 0.25) is 0 Å². The van der Waals surface area contributed by atoms with Crippen LogP contribution in [0.1, 0.15) is 12.5 Å². The first-order chi connectivity index (χ1) is 11.7. The van der Waals surface area contributed by atoms with Gasteiger partial charge in [0, 0.05) is 0 Å². The maximum absolute atomic E-state index is 11.7. The fourth-order valence-electron chi connectivity index (χ4n) is 1.85. The monoisotopic (exact) mass is 328 g/mol. The Morgan fingerprint density at radius 1 is 1.00 bits per heavy atom. The van der Waals surface area contributed by atoms with Crippen molar-refractivity contribution in [3.63, 3.8) is 0 Å². The lowest BCUT2D eigenvalue weighted by atomic mass is 10.2. The van der Waals surface area contributed by atoms with E-state index >= 15 is 0 Å². The summed E-state index contributed by atoms with van der Waals surface area (Å²) in [6.07, 6.45) is 1.56. The Morgan fingerprint density at radius 3 is 2.21 bits per heavy atom. The van der Waals surface area contributed by atoms with Crippen LogP contribution in [0, 0.1) is 0 Å². The van der Waals surface area contributed by atoms with Gasteiger partial charge >= 0.3 is 0 Å². The maximum atomic E-state index is 11.7. The van der Waals surface area contributed by atoms with E-state index in [9.17, 15) is 4.79 Å². The normalized spacial score (nSPS) is 10.4. The van der Waals surface area contributed by atoms with Crippen molar-refractivity contribution in [2.75, 3.05) is 20.3 Å². The Morgan fingerprint density at radius 2 is 1.58 bits per heavy atom. The number of rotatable bonds is 8. The molecule has 0 saturated carbocycles. The quantitative estimate of drug-likeness (QED) is 0.597. The first-order valence-electron chi connectivity index (χ1n) is 7.53. The van der Waals surface area contributed by atoms with E-state index in [0.717, 1.165) is 17.1 Å². The van der Waals surface area contributed by atoms with Crippen LogP contribution in [0.15, 0.2) is 53.6 Å². The molecule has 0 aromatic heterocycles. The molecule has 0 aliphatic heterocycles. The second-order valence-corrected chi connectivity index (χ2v) is 4.76. The van der Waals surface area contributed by atoms with Gasteiger partial charge in [0.05, 0.1) is 19.9 Å². The molecule has 1 N–H and O–H groups in total. The summed E-state index contributed by atoms with van der Waals surface area (Å²) in [5, 5.41) is 3.89. The van der Waals surface area contributed by atoms with Crippen LogP contribution in [0.3, 0.4) is 0 Å². The van der Waals surface area contributed by atoms with Crippen molar-refractivity contribution in [2.24, 2.45) is 5.10 Å². The van der Waals surface area contributed by atoms with E-state index in [4.69, 9.17) is 14.2 Å². The summed E-state index contributed by atoms with van der Waals surface area (Å²) in [6, 6.07) is 14.4. The van der Waals surface area contributed by atoms with Crippen LogP contribution >= 0.6 is 0 Å². The zero-order valence-electron chi connectivity index (χ0n) is 13.7. The largest absolute Gasteiger partial charge is 0.497 e. The first-order valence-corrected chi connectivity index (χ1v) is 7.53. The van der Waals surface area contributed by atoms with E-state index in [0.29, 0.717) is 12.4 Å². The second kappa shape index (κ2) is 9.19. The summed E-state index contributed by atoms with van der Waals surface area (Å²) in [4.78, 5) is 11.7. The van der Waals surface area contributed by atoms with Crippen molar-refractivity contribution >= 4 is 12.1 Å². The number of nitrogens with one attached hydrogen (secondary N) is 1. The molecule has 0 unspecified atom stereocenters. The number of carbonyl (C=O) groups is 1. The highest BCUT2D eigenvalue weighted by Gasteiger charge is 2.01. The highest BCUT2D eigenvalue weighted by atomic mass is 16.5. The van der Waals surface area contributed by atoms with Gasteiger partial charge in [-0.1, -0.05) is 0 Å². The molecular formula is C18H20N2O4. The second-order valence-electron chi connectivity index (χ2n) is 4.76. The molecule has 6 nitrogen and oxygen atoms in total. The first kappa shape index (κ1) is 17.3. The summed E-state index contributed by atoms with van der Waals surface area (Å²) in [6.45, 7) is 2.43. The lowest BCUT2D eigenvalue weighted by Gasteiger charge is -2.06. The van der Waals surface area contributed by atoms with Gasteiger partial charge in [-0.05, 0) is 61.0 Å². The average Bonchev–Trinajstić information content (AvgIpc) is 2.62. The number of hydrogen-bond acceptors (Lipinski definition) is 5. The zero-order chi connectivity index (χ0) is 17.2. The van der Waals surface area contributed by atoms with Gasteiger partial charge in [0.1, 0.15) is 17.2 Å². The standard InChI is InChI=1S/C18H20N2O4/c1-3-23-16-6-4-14(5-7-16)12-19-20-18(21)13-24-17-10-8-15(22-2)9-11-17/h4-12H,3,13H2,1-2H3,(H,20,21)/b19-12-. The topological polar surface area (TPSA) is 69.2 Å². The number of ether oxygens (including phenoxy) is 3. The molecule has 0 aliphatic carbocycles. The highest BCUT2D eigenvalue weighted by Crippen LogP contribution is 2.16. The molecule has 0 saturated heterocycles. The van der Waals surface area contributed by atoms with E-state index in [1.54, 1.807) is 37.6 Å². The molecule has 0 atom stereocenters. The molecule has 0 spiro atoms. The third-order valence-corrected chi connectivity index (χ3v) is 3.02. The molecule has 2 aromatic rings. The van der Waals surface area contributed by atoms with E-state index in [1.807, 2.05) is 31.2 Å². The highest BCUT2D eigenvalue weighted by molar-refractivity contribution is 5.83. The third-order valence-electron chi connectivity index (χ3n) is 3.02. The van der Waals surface area contributed by atoms with Crippen molar-refractivity contribution in [1.29, 1.82) is 0 Å². The van der Waals surface area contributed by atoms with Crippen molar-refractivity contribution in [1.82, 2.24) is 5.43 Å². The lowest BCUT2D eigenvalue weighted by Crippen LogP contribution is -2.24. The van der Waals surface area contributed by atoms with Crippen LogP contribution in [0.4, 0.5) is 0 Å². The molecule has 2 aromatic carbocycles. The Labute approximate surface area is 141 Å². The van der Waals surface area contributed by atoms with Gasteiger partial charge in [-0.3, -0.25) is 4.79 Å². The Bertz CT molecular complexity index is 666. The number of hydrazone groups is 1. The Kier molecular flexibility index (Phi) is 6.64. The van der Waals surface area contributed by atoms with Crippen LogP contribution < -0.4 is 19.6 Å². The smallest absolute Gasteiger partial charge is 0.277 e. The van der Waals surface area contributed by atoms with Gasteiger partial charge in [0.25, 0.3) is 5.91 Å². The lowest BCUT2D eigenvalue weighted by molar-refractivity contribution is -0.123. The minimum atomic E-state index is -0.340. The molecule has 2 rings (SSSR count). The maximum Gasteiger partial charge on any atom is 0.277 e. The molecular weight excluding hydrogens is 308 g/mol. The average molecular weight is 328 g/mol. The van der Waals surface area contributed by atoms with E-state index in [-0.39, 0.29) is 12.5 Å². The van der Waals surface area contributed by atoms with Crippen molar-refractivity contribution < 1.29 is 19.0 Å². The third kappa shape index (κ3) is 5.64. The van der Waals surface area contributed by atoms with Gasteiger partial charge in [-0.2, -0.15) is 5.10 Å². The van der Waals surface area contributed by atoms with Crippen molar-refractivity contribution in [3.8, 4) is 17.2 Å². The molecule has 6 heteroatoms. The summed E-state index contributed by atoms with van der Waals surface area (Å²) in [5.41, 5.74) is 3.27. The molecule has 0 bridgehead atoms. The van der Waals surface area contributed by atoms with Crippen LogP contribution in [-0.2, 0) is 4.79 Å². The molecule has 1 amide bonds. The SMILES string of the molecule is CCOc1ccc(/C=N\NC(=O)COc2ccc(OC)cc2)cc1. The predicted molar refractivity (Wildman–Crippen MR) is 91.8 cm³/mol.